The fourth-order valence-corrected chi connectivity index (χ4v) is 1.16. The first-order valence-electron chi connectivity index (χ1n) is 4.44. The third kappa shape index (κ3) is 2.66. The molecule has 0 aromatic rings. The van der Waals surface area contributed by atoms with E-state index >= 15 is 0 Å². The molecular weight excluding hydrogens is 216 g/mol. The number of amides is 3. The summed E-state index contributed by atoms with van der Waals surface area (Å²) in [6.45, 7) is 0.468. The van der Waals surface area contributed by atoms with E-state index in [1.54, 1.807) is 0 Å². The van der Waals surface area contributed by atoms with Gasteiger partial charge in [-0.3, -0.25) is 24.1 Å². The molecule has 1 aliphatic heterocycles. The number of nitrogens with zero attached hydrogens (tertiary/aromatic N) is 1. The highest BCUT2D eigenvalue weighted by Crippen LogP contribution is 2.10. The number of aliphatic carboxylic acids is 1. The Balaban J connectivity index is 2.50. The summed E-state index contributed by atoms with van der Waals surface area (Å²) in [4.78, 5) is 44.6. The Morgan fingerprint density at radius 3 is 2.50 bits per heavy atom. The molecule has 0 aliphatic carbocycles. The number of imide groups is 1. The highest BCUT2D eigenvalue weighted by Gasteiger charge is 2.29. The van der Waals surface area contributed by atoms with Gasteiger partial charge in [0.05, 0.1) is 0 Å². The van der Waals surface area contributed by atoms with Crippen LogP contribution in [0.5, 0.6) is 0 Å². The molecular formula is C9H10N2O5. The summed E-state index contributed by atoms with van der Waals surface area (Å²) in [5.41, 5.74) is 0.260. The normalized spacial score (nSPS) is 15.1. The van der Waals surface area contributed by atoms with Crippen LogP contribution in [0, 0.1) is 0 Å². The molecule has 1 heterocycles. The number of carboxylic acids is 1. The van der Waals surface area contributed by atoms with Gasteiger partial charge in [-0.2, -0.15) is 0 Å². The Morgan fingerprint density at radius 1 is 1.44 bits per heavy atom. The topological polar surface area (TPSA) is 104 Å². The van der Waals surface area contributed by atoms with Gasteiger partial charge in [0.25, 0.3) is 11.8 Å². The summed E-state index contributed by atoms with van der Waals surface area (Å²) < 4.78 is 0. The zero-order valence-electron chi connectivity index (χ0n) is 8.52. The van der Waals surface area contributed by atoms with E-state index in [1.165, 1.54) is 6.92 Å². The fraction of sp³-hybridized carbons (Fsp3) is 0.333. The average molecular weight is 226 g/mol. The molecule has 2 N–H and O–H groups in total. The maximum Gasteiger partial charge on any atom is 0.322 e. The zero-order chi connectivity index (χ0) is 12.3. The van der Waals surface area contributed by atoms with Crippen LogP contribution in [0.1, 0.15) is 6.92 Å². The summed E-state index contributed by atoms with van der Waals surface area (Å²) >= 11 is 0. The molecule has 0 saturated heterocycles. The lowest BCUT2D eigenvalue weighted by molar-refractivity contribution is -0.142. The van der Waals surface area contributed by atoms with Crippen molar-refractivity contribution in [1.29, 1.82) is 0 Å². The van der Waals surface area contributed by atoms with Crippen molar-refractivity contribution in [2.24, 2.45) is 0 Å². The van der Waals surface area contributed by atoms with Crippen molar-refractivity contribution < 1.29 is 24.3 Å². The summed E-state index contributed by atoms with van der Waals surface area (Å²) in [6.07, 6.45) is 1.13. The van der Waals surface area contributed by atoms with Crippen LogP contribution in [0.25, 0.3) is 0 Å². The van der Waals surface area contributed by atoms with Gasteiger partial charge < -0.3 is 10.4 Å². The number of hydrogen-bond acceptors (Lipinski definition) is 4. The molecule has 0 atom stereocenters. The van der Waals surface area contributed by atoms with E-state index in [1.807, 2.05) is 0 Å². The first kappa shape index (κ1) is 11.9. The molecule has 0 radical (unpaired) electrons. The molecule has 0 fully saturated rings. The van der Waals surface area contributed by atoms with Crippen molar-refractivity contribution in [2.75, 3.05) is 13.1 Å². The van der Waals surface area contributed by atoms with Gasteiger partial charge in [0.15, 0.2) is 0 Å². The average Bonchev–Trinajstić information content (AvgIpc) is 2.42. The van der Waals surface area contributed by atoms with E-state index in [9.17, 15) is 19.2 Å². The summed E-state index contributed by atoms with van der Waals surface area (Å²) in [5.74, 6) is -2.97. The first-order chi connectivity index (χ1) is 7.41. The Bertz CT molecular complexity index is 399. The van der Waals surface area contributed by atoms with Gasteiger partial charge in [0.2, 0.25) is 5.91 Å². The van der Waals surface area contributed by atoms with Gasteiger partial charge >= 0.3 is 5.97 Å². The molecule has 16 heavy (non-hydrogen) atoms. The van der Waals surface area contributed by atoms with Crippen molar-refractivity contribution in [3.05, 3.63) is 11.6 Å². The standard InChI is InChI=1S/C9H10N2O5/c1-5-2-7(13)11(9(5)16)4-6(12)10-3-8(14)15/h2H,3-4H2,1H3,(H,10,12)(H,14,15). The molecule has 7 nitrogen and oxygen atoms in total. The highest BCUT2D eigenvalue weighted by molar-refractivity contribution is 6.17. The molecule has 0 aromatic carbocycles. The number of hydrogen-bond donors (Lipinski definition) is 2. The predicted octanol–water partition coefficient (Wildman–Crippen LogP) is -1.50. The minimum Gasteiger partial charge on any atom is -0.480 e. The summed E-state index contributed by atoms with van der Waals surface area (Å²) in [7, 11) is 0. The van der Waals surface area contributed by atoms with Crippen molar-refractivity contribution in [1.82, 2.24) is 10.2 Å². The van der Waals surface area contributed by atoms with Crippen LogP contribution >= 0.6 is 0 Å². The number of carbonyl (C=O) groups excluding carboxylic acids is 3. The fourth-order valence-electron chi connectivity index (χ4n) is 1.16. The second-order valence-corrected chi connectivity index (χ2v) is 3.23. The van der Waals surface area contributed by atoms with Gasteiger partial charge in [-0.25, -0.2) is 0 Å². The third-order valence-corrected chi connectivity index (χ3v) is 1.93. The van der Waals surface area contributed by atoms with E-state index in [2.05, 4.69) is 5.32 Å². The maximum absolute atomic E-state index is 11.3. The van der Waals surface area contributed by atoms with Gasteiger partial charge in [0, 0.05) is 11.6 Å². The van der Waals surface area contributed by atoms with Crippen LogP contribution in [-0.2, 0) is 19.2 Å². The molecule has 1 rings (SSSR count). The van der Waals surface area contributed by atoms with Crippen LogP contribution in [-0.4, -0.2) is 46.8 Å². The van der Waals surface area contributed by atoms with Gasteiger partial charge in [0.1, 0.15) is 13.1 Å². The quantitative estimate of drug-likeness (QED) is 0.568. The third-order valence-electron chi connectivity index (χ3n) is 1.93. The molecule has 0 unspecified atom stereocenters. The summed E-state index contributed by atoms with van der Waals surface area (Å²) in [6, 6.07) is 0. The van der Waals surface area contributed by atoms with Crippen molar-refractivity contribution >= 4 is 23.7 Å². The smallest absolute Gasteiger partial charge is 0.322 e. The highest BCUT2D eigenvalue weighted by atomic mass is 16.4. The lowest BCUT2D eigenvalue weighted by atomic mass is 10.3. The Labute approximate surface area is 90.7 Å². The Kier molecular flexibility index (Phi) is 3.39. The predicted molar refractivity (Wildman–Crippen MR) is 51.1 cm³/mol. The second kappa shape index (κ2) is 4.56. The molecule has 3 amide bonds. The van der Waals surface area contributed by atoms with Gasteiger partial charge in [-0.05, 0) is 6.92 Å². The minimum atomic E-state index is -1.19. The Morgan fingerprint density at radius 2 is 2.06 bits per heavy atom. The lowest BCUT2D eigenvalue weighted by Crippen LogP contribution is -2.42. The van der Waals surface area contributed by atoms with Crippen molar-refractivity contribution in [3.8, 4) is 0 Å². The van der Waals surface area contributed by atoms with Gasteiger partial charge in [-0.15, -0.1) is 0 Å². The second-order valence-electron chi connectivity index (χ2n) is 3.23. The van der Waals surface area contributed by atoms with Crippen molar-refractivity contribution in [2.45, 2.75) is 6.92 Å². The molecule has 86 valence electrons. The molecule has 0 spiro atoms. The maximum atomic E-state index is 11.3. The van der Waals surface area contributed by atoms with Crippen molar-refractivity contribution in [3.63, 3.8) is 0 Å². The zero-order valence-corrected chi connectivity index (χ0v) is 8.52. The van der Waals surface area contributed by atoms with E-state index in [4.69, 9.17) is 5.11 Å². The lowest BCUT2D eigenvalue weighted by Gasteiger charge is -2.13. The molecule has 0 bridgehead atoms. The van der Waals surface area contributed by atoms with E-state index < -0.39 is 36.8 Å². The SMILES string of the molecule is CC1=CC(=O)N(CC(=O)NCC(=O)O)C1=O. The number of carboxylic acid groups (broad SMARTS) is 1. The van der Waals surface area contributed by atoms with Crippen LogP contribution in [0.4, 0.5) is 0 Å². The monoisotopic (exact) mass is 226 g/mol. The number of rotatable bonds is 4. The van der Waals surface area contributed by atoms with Crippen LogP contribution in [0.15, 0.2) is 11.6 Å². The van der Waals surface area contributed by atoms with Crippen LogP contribution in [0.3, 0.4) is 0 Å². The summed E-state index contributed by atoms with van der Waals surface area (Å²) in [5, 5.41) is 10.4. The van der Waals surface area contributed by atoms with Crippen LogP contribution < -0.4 is 5.32 Å². The largest absolute Gasteiger partial charge is 0.480 e. The van der Waals surface area contributed by atoms with Gasteiger partial charge in [-0.1, -0.05) is 0 Å². The van der Waals surface area contributed by atoms with E-state index in [-0.39, 0.29) is 5.57 Å². The number of nitrogens with one attached hydrogen (secondary N) is 1. The molecule has 7 heteroatoms. The Hall–Kier alpha value is -2.18. The van der Waals surface area contributed by atoms with E-state index in [0.717, 1.165) is 11.0 Å². The number of carbonyl (C=O) groups is 4. The minimum absolute atomic E-state index is 0.260. The molecule has 1 aliphatic rings. The first-order valence-corrected chi connectivity index (χ1v) is 4.44. The van der Waals surface area contributed by atoms with Crippen LogP contribution in [0.2, 0.25) is 0 Å². The molecule has 0 aromatic heterocycles. The molecule has 0 saturated carbocycles. The van der Waals surface area contributed by atoms with E-state index in [0.29, 0.717) is 0 Å².